The number of hydrogen-bond donors (Lipinski definition) is 0. The molecule has 0 N–H and O–H groups in total. The number of hydrogen-bond acceptors (Lipinski definition) is 3. The second kappa shape index (κ2) is 7.04. The van der Waals surface area contributed by atoms with Crippen LogP contribution in [0.15, 0.2) is 47.6 Å². The Bertz CT molecular complexity index is 667. The standard InChI is InChI=1S/C16H15F3N2OS/c1-21(2)15(22)12-5-3-11(4-6-12)10-23-14-8-7-13(9-20-14)16(17,18)19/h3-9H,10H2,1-2H3. The van der Waals surface area contributed by atoms with E-state index in [1.807, 2.05) is 12.1 Å². The molecule has 2 aromatic rings. The number of rotatable bonds is 4. The molecular formula is C16H15F3N2OS. The lowest BCUT2D eigenvalue weighted by Crippen LogP contribution is -2.21. The SMILES string of the molecule is CN(C)C(=O)c1ccc(CSc2ccc(C(F)(F)F)cn2)cc1. The van der Waals surface area contributed by atoms with Gasteiger partial charge < -0.3 is 4.90 Å². The zero-order chi connectivity index (χ0) is 17.0. The van der Waals surface area contributed by atoms with Crippen molar-refractivity contribution in [2.24, 2.45) is 0 Å². The summed E-state index contributed by atoms with van der Waals surface area (Å²) < 4.78 is 37.4. The molecule has 7 heteroatoms. The maximum absolute atomic E-state index is 12.5. The molecule has 0 bridgehead atoms. The average Bonchev–Trinajstić information content (AvgIpc) is 2.52. The van der Waals surface area contributed by atoms with Gasteiger partial charge in [-0.15, -0.1) is 11.8 Å². The van der Waals surface area contributed by atoms with Crippen LogP contribution in [0.1, 0.15) is 21.5 Å². The first-order valence-corrected chi connectivity index (χ1v) is 7.72. The Morgan fingerprint density at radius 3 is 2.26 bits per heavy atom. The number of nitrogens with zero attached hydrogens (tertiary/aromatic N) is 2. The van der Waals surface area contributed by atoms with Gasteiger partial charge >= 0.3 is 6.18 Å². The lowest BCUT2D eigenvalue weighted by molar-refractivity contribution is -0.137. The molecule has 0 saturated carbocycles. The summed E-state index contributed by atoms with van der Waals surface area (Å²) in [5.41, 5.74) is 0.803. The van der Waals surface area contributed by atoms with E-state index < -0.39 is 11.7 Å². The number of carbonyl (C=O) groups is 1. The summed E-state index contributed by atoms with van der Waals surface area (Å²) in [5, 5.41) is 0.520. The van der Waals surface area contributed by atoms with Gasteiger partial charge in [0.1, 0.15) is 0 Å². The Morgan fingerprint density at radius 2 is 1.78 bits per heavy atom. The van der Waals surface area contributed by atoms with Crippen molar-refractivity contribution in [3.8, 4) is 0 Å². The van der Waals surface area contributed by atoms with Gasteiger partial charge in [-0.3, -0.25) is 4.79 Å². The highest BCUT2D eigenvalue weighted by atomic mass is 32.2. The number of pyridine rings is 1. The molecular weight excluding hydrogens is 325 g/mol. The van der Waals surface area contributed by atoms with Gasteiger partial charge in [-0.1, -0.05) is 12.1 Å². The van der Waals surface area contributed by atoms with Crippen LogP contribution >= 0.6 is 11.8 Å². The molecule has 0 saturated heterocycles. The monoisotopic (exact) mass is 340 g/mol. The normalized spacial score (nSPS) is 11.3. The van der Waals surface area contributed by atoms with Gasteiger partial charge in [-0.05, 0) is 29.8 Å². The van der Waals surface area contributed by atoms with Crippen LogP contribution in [0, 0.1) is 0 Å². The Balaban J connectivity index is 1.97. The first kappa shape index (κ1) is 17.3. The van der Waals surface area contributed by atoms with E-state index in [9.17, 15) is 18.0 Å². The smallest absolute Gasteiger partial charge is 0.345 e. The number of aromatic nitrogens is 1. The lowest BCUT2D eigenvalue weighted by atomic mass is 10.1. The van der Waals surface area contributed by atoms with Crippen LogP contribution in [0.5, 0.6) is 0 Å². The minimum absolute atomic E-state index is 0.0754. The van der Waals surface area contributed by atoms with Crippen molar-refractivity contribution < 1.29 is 18.0 Å². The lowest BCUT2D eigenvalue weighted by Gasteiger charge is -2.10. The van der Waals surface area contributed by atoms with Crippen LogP contribution in [-0.2, 0) is 11.9 Å². The van der Waals surface area contributed by atoms with Crippen LogP contribution in [0.4, 0.5) is 13.2 Å². The molecule has 0 fully saturated rings. The quantitative estimate of drug-likeness (QED) is 0.786. The molecule has 1 aromatic heterocycles. The summed E-state index contributed by atoms with van der Waals surface area (Å²) in [4.78, 5) is 17.1. The first-order valence-electron chi connectivity index (χ1n) is 6.74. The predicted octanol–water partition coefficient (Wildman–Crippen LogP) is 4.09. The van der Waals surface area contributed by atoms with E-state index in [0.717, 1.165) is 17.8 Å². The van der Waals surface area contributed by atoms with E-state index >= 15 is 0 Å². The van der Waals surface area contributed by atoms with Gasteiger partial charge in [0.05, 0.1) is 10.6 Å². The number of benzene rings is 1. The molecule has 0 atom stereocenters. The second-order valence-corrected chi connectivity index (χ2v) is 6.06. The molecule has 2 rings (SSSR count). The fourth-order valence-corrected chi connectivity index (χ4v) is 2.59. The predicted molar refractivity (Wildman–Crippen MR) is 83.3 cm³/mol. The van der Waals surface area contributed by atoms with E-state index in [2.05, 4.69) is 4.98 Å². The van der Waals surface area contributed by atoms with Crippen molar-refractivity contribution in [3.05, 3.63) is 59.3 Å². The van der Waals surface area contributed by atoms with Crippen molar-refractivity contribution in [1.29, 1.82) is 0 Å². The van der Waals surface area contributed by atoms with E-state index in [1.54, 1.807) is 26.2 Å². The molecule has 1 aromatic carbocycles. The van der Waals surface area contributed by atoms with E-state index in [4.69, 9.17) is 0 Å². The van der Waals surface area contributed by atoms with Crippen molar-refractivity contribution in [3.63, 3.8) is 0 Å². The number of thioether (sulfide) groups is 1. The van der Waals surface area contributed by atoms with Crippen molar-refractivity contribution in [2.45, 2.75) is 17.0 Å². The molecule has 23 heavy (non-hydrogen) atoms. The molecule has 0 spiro atoms. The Hall–Kier alpha value is -2.02. The zero-order valence-electron chi connectivity index (χ0n) is 12.6. The molecule has 0 unspecified atom stereocenters. The van der Waals surface area contributed by atoms with Gasteiger partial charge in [0, 0.05) is 31.6 Å². The number of alkyl halides is 3. The molecule has 0 aliphatic rings. The summed E-state index contributed by atoms with van der Waals surface area (Å²) in [6.45, 7) is 0. The molecule has 3 nitrogen and oxygen atoms in total. The van der Waals surface area contributed by atoms with Gasteiger partial charge in [0.15, 0.2) is 0 Å². The molecule has 1 heterocycles. The third-order valence-electron chi connectivity index (χ3n) is 3.06. The maximum atomic E-state index is 12.5. The van der Waals surface area contributed by atoms with Crippen LogP contribution in [-0.4, -0.2) is 29.9 Å². The third-order valence-corrected chi connectivity index (χ3v) is 4.07. The van der Waals surface area contributed by atoms with Crippen LogP contribution in [0.2, 0.25) is 0 Å². The number of halogens is 3. The highest BCUT2D eigenvalue weighted by molar-refractivity contribution is 7.98. The second-order valence-electron chi connectivity index (χ2n) is 5.07. The fraction of sp³-hybridized carbons (Fsp3) is 0.250. The maximum Gasteiger partial charge on any atom is 0.417 e. The Labute approximate surface area is 136 Å². The summed E-state index contributed by atoms with van der Waals surface area (Å²) in [6, 6.07) is 9.50. The van der Waals surface area contributed by atoms with Crippen LogP contribution in [0.25, 0.3) is 0 Å². The van der Waals surface area contributed by atoms with Gasteiger partial charge in [0.2, 0.25) is 0 Å². The van der Waals surface area contributed by atoms with Crippen LogP contribution in [0.3, 0.4) is 0 Å². The van der Waals surface area contributed by atoms with Crippen molar-refractivity contribution in [1.82, 2.24) is 9.88 Å². The number of amides is 1. The number of carbonyl (C=O) groups excluding carboxylic acids is 1. The van der Waals surface area contributed by atoms with Crippen molar-refractivity contribution in [2.75, 3.05) is 14.1 Å². The highest BCUT2D eigenvalue weighted by Gasteiger charge is 2.30. The minimum Gasteiger partial charge on any atom is -0.345 e. The van der Waals surface area contributed by atoms with E-state index in [0.29, 0.717) is 16.3 Å². The summed E-state index contributed by atoms with van der Waals surface area (Å²) in [5.74, 6) is 0.489. The summed E-state index contributed by atoms with van der Waals surface area (Å²) in [6.07, 6.45) is -3.54. The first-order chi connectivity index (χ1) is 10.8. The van der Waals surface area contributed by atoms with Crippen molar-refractivity contribution >= 4 is 17.7 Å². The molecule has 1 amide bonds. The summed E-state index contributed by atoms with van der Waals surface area (Å²) in [7, 11) is 3.37. The highest BCUT2D eigenvalue weighted by Crippen LogP contribution is 2.30. The Morgan fingerprint density at radius 1 is 1.13 bits per heavy atom. The topological polar surface area (TPSA) is 33.2 Å². The van der Waals surface area contributed by atoms with Gasteiger partial charge in [0.25, 0.3) is 5.91 Å². The van der Waals surface area contributed by atoms with Crippen LogP contribution < -0.4 is 0 Å². The van der Waals surface area contributed by atoms with E-state index in [1.165, 1.54) is 22.7 Å². The third kappa shape index (κ3) is 4.72. The zero-order valence-corrected chi connectivity index (χ0v) is 13.4. The largest absolute Gasteiger partial charge is 0.417 e. The van der Waals surface area contributed by atoms with Gasteiger partial charge in [-0.25, -0.2) is 4.98 Å². The fourth-order valence-electron chi connectivity index (χ4n) is 1.79. The molecule has 122 valence electrons. The Kier molecular flexibility index (Phi) is 5.30. The molecule has 0 aliphatic carbocycles. The van der Waals surface area contributed by atoms with Gasteiger partial charge in [-0.2, -0.15) is 13.2 Å². The average molecular weight is 340 g/mol. The molecule has 0 aliphatic heterocycles. The molecule has 0 radical (unpaired) electrons. The summed E-state index contributed by atoms with van der Waals surface area (Å²) >= 11 is 1.34. The van der Waals surface area contributed by atoms with E-state index in [-0.39, 0.29) is 5.91 Å². The minimum atomic E-state index is -4.37.